The van der Waals surface area contributed by atoms with E-state index in [-0.39, 0.29) is 5.82 Å². The third-order valence-corrected chi connectivity index (χ3v) is 1.82. The molecule has 0 fully saturated rings. The van der Waals surface area contributed by atoms with Gasteiger partial charge in [0.05, 0.1) is 7.11 Å². The van der Waals surface area contributed by atoms with Crippen LogP contribution < -0.4 is 4.74 Å². The Balaban J connectivity index is 3.18. The first kappa shape index (κ1) is 8.97. The zero-order chi connectivity index (χ0) is 9.14. The summed E-state index contributed by atoms with van der Waals surface area (Å²) in [6, 6.07) is 1.31. The molecule has 1 rings (SSSR count). The van der Waals surface area contributed by atoms with Crippen LogP contribution in [-0.4, -0.2) is 12.1 Å². The topological polar surface area (TPSA) is 22.1 Å². The van der Waals surface area contributed by atoms with Gasteiger partial charge in [0.25, 0.3) is 0 Å². The van der Waals surface area contributed by atoms with E-state index < -0.39 is 0 Å². The minimum absolute atomic E-state index is 0.234. The fraction of sp³-hybridized carbons (Fsp3) is 0.444. The highest BCUT2D eigenvalue weighted by Gasteiger charge is 2.07. The lowest BCUT2D eigenvalue weighted by atomic mass is 10.1. The number of rotatable bonds is 2. The molecule has 3 heteroatoms. The zero-order valence-corrected chi connectivity index (χ0v) is 7.52. The van der Waals surface area contributed by atoms with Crippen LogP contribution in [0.5, 0.6) is 5.88 Å². The van der Waals surface area contributed by atoms with Crippen LogP contribution in [-0.2, 0) is 6.42 Å². The number of nitrogens with zero attached hydrogens (tertiary/aromatic N) is 1. The van der Waals surface area contributed by atoms with Crippen molar-refractivity contribution < 1.29 is 9.13 Å². The Morgan fingerprint density at radius 1 is 1.58 bits per heavy atom. The summed E-state index contributed by atoms with van der Waals surface area (Å²) in [5.74, 6) is 0.101. The molecule has 0 aliphatic rings. The highest BCUT2D eigenvalue weighted by molar-refractivity contribution is 5.26. The summed E-state index contributed by atoms with van der Waals surface area (Å²) in [6.07, 6.45) is 0.661. The molecule has 0 aromatic carbocycles. The molecule has 0 radical (unpaired) electrons. The Labute approximate surface area is 71.4 Å². The molecule has 0 bridgehead atoms. The van der Waals surface area contributed by atoms with Crippen molar-refractivity contribution in [1.29, 1.82) is 0 Å². The number of aromatic nitrogens is 1. The van der Waals surface area contributed by atoms with Gasteiger partial charge in [-0.1, -0.05) is 6.92 Å². The number of aryl methyl sites for hydroxylation is 1. The van der Waals surface area contributed by atoms with Crippen molar-refractivity contribution in [3.63, 3.8) is 0 Å². The zero-order valence-electron chi connectivity index (χ0n) is 7.52. The van der Waals surface area contributed by atoms with Crippen LogP contribution in [0.3, 0.4) is 0 Å². The summed E-state index contributed by atoms with van der Waals surface area (Å²) in [6.45, 7) is 3.68. The van der Waals surface area contributed by atoms with Crippen molar-refractivity contribution in [2.75, 3.05) is 7.11 Å². The minimum atomic E-state index is -0.234. The van der Waals surface area contributed by atoms with Crippen molar-refractivity contribution in [2.45, 2.75) is 20.3 Å². The van der Waals surface area contributed by atoms with Crippen LogP contribution in [0.1, 0.15) is 18.2 Å². The summed E-state index contributed by atoms with van der Waals surface area (Å²) in [5, 5.41) is 0. The summed E-state index contributed by atoms with van der Waals surface area (Å²) >= 11 is 0. The third kappa shape index (κ3) is 1.55. The first-order valence-electron chi connectivity index (χ1n) is 3.89. The van der Waals surface area contributed by atoms with E-state index in [1.165, 1.54) is 13.2 Å². The Hall–Kier alpha value is -1.12. The lowest BCUT2D eigenvalue weighted by molar-refractivity contribution is 0.392. The molecule has 0 aliphatic heterocycles. The van der Waals surface area contributed by atoms with E-state index in [0.29, 0.717) is 23.6 Å². The minimum Gasteiger partial charge on any atom is -0.481 e. The first-order valence-corrected chi connectivity index (χ1v) is 3.89. The lowest BCUT2D eigenvalue weighted by Gasteiger charge is -2.05. The largest absolute Gasteiger partial charge is 0.481 e. The molecular weight excluding hydrogens is 157 g/mol. The SMILES string of the molecule is CCc1c(F)cc(OC)nc1C. The molecule has 0 saturated carbocycles. The average Bonchev–Trinajstić information content (AvgIpc) is 2.03. The third-order valence-electron chi connectivity index (χ3n) is 1.82. The van der Waals surface area contributed by atoms with E-state index in [1.807, 2.05) is 6.92 Å². The summed E-state index contributed by atoms with van der Waals surface area (Å²) in [4.78, 5) is 4.06. The molecule has 1 heterocycles. The number of ether oxygens (including phenoxy) is 1. The van der Waals surface area contributed by atoms with Gasteiger partial charge in [-0.2, -0.15) is 0 Å². The smallest absolute Gasteiger partial charge is 0.216 e. The molecule has 0 amide bonds. The van der Waals surface area contributed by atoms with E-state index in [9.17, 15) is 4.39 Å². The quantitative estimate of drug-likeness (QED) is 0.676. The van der Waals surface area contributed by atoms with Gasteiger partial charge >= 0.3 is 0 Å². The van der Waals surface area contributed by atoms with Gasteiger partial charge in [0.2, 0.25) is 5.88 Å². The maximum absolute atomic E-state index is 13.2. The molecule has 66 valence electrons. The van der Waals surface area contributed by atoms with E-state index in [4.69, 9.17) is 4.74 Å². The lowest BCUT2D eigenvalue weighted by Crippen LogP contribution is -1.98. The van der Waals surface area contributed by atoms with Crippen LogP contribution in [0, 0.1) is 12.7 Å². The number of hydrogen-bond donors (Lipinski definition) is 0. The second-order valence-electron chi connectivity index (χ2n) is 2.56. The van der Waals surface area contributed by atoms with Crippen LogP contribution in [0.25, 0.3) is 0 Å². The first-order chi connectivity index (χ1) is 5.69. The molecule has 12 heavy (non-hydrogen) atoms. The average molecular weight is 169 g/mol. The molecular formula is C9H12FNO. The molecule has 0 atom stereocenters. The summed E-state index contributed by atoms with van der Waals surface area (Å²) in [7, 11) is 1.48. The van der Waals surface area contributed by atoms with Crippen molar-refractivity contribution in [3.05, 3.63) is 23.1 Å². The second-order valence-corrected chi connectivity index (χ2v) is 2.56. The van der Waals surface area contributed by atoms with Gasteiger partial charge in [0, 0.05) is 17.3 Å². The predicted molar refractivity (Wildman–Crippen MR) is 44.9 cm³/mol. The summed E-state index contributed by atoms with van der Waals surface area (Å²) in [5.41, 5.74) is 1.37. The monoisotopic (exact) mass is 169 g/mol. The van der Waals surface area contributed by atoms with Crippen LogP contribution >= 0.6 is 0 Å². The maximum Gasteiger partial charge on any atom is 0.216 e. The molecule has 0 spiro atoms. The Kier molecular flexibility index (Phi) is 2.63. The molecule has 0 aliphatic carbocycles. The molecule has 1 aromatic rings. The molecule has 0 N–H and O–H groups in total. The molecule has 0 unspecified atom stereocenters. The predicted octanol–water partition coefficient (Wildman–Crippen LogP) is 2.10. The van der Waals surface area contributed by atoms with Crippen molar-refractivity contribution in [2.24, 2.45) is 0 Å². The Bertz CT molecular complexity index is 263. The summed E-state index contributed by atoms with van der Waals surface area (Å²) < 4.78 is 18.0. The number of halogens is 1. The van der Waals surface area contributed by atoms with E-state index in [2.05, 4.69) is 4.98 Å². The van der Waals surface area contributed by atoms with Gasteiger partial charge in [-0.05, 0) is 13.3 Å². The van der Waals surface area contributed by atoms with E-state index in [0.717, 1.165) is 0 Å². The van der Waals surface area contributed by atoms with Crippen LogP contribution in [0.15, 0.2) is 6.07 Å². The van der Waals surface area contributed by atoms with E-state index in [1.54, 1.807) is 6.92 Å². The fourth-order valence-corrected chi connectivity index (χ4v) is 1.16. The van der Waals surface area contributed by atoms with Crippen molar-refractivity contribution in [3.8, 4) is 5.88 Å². The highest BCUT2D eigenvalue weighted by atomic mass is 19.1. The number of pyridine rings is 1. The Morgan fingerprint density at radius 2 is 2.25 bits per heavy atom. The van der Waals surface area contributed by atoms with Crippen LogP contribution in [0.4, 0.5) is 4.39 Å². The van der Waals surface area contributed by atoms with Gasteiger partial charge in [-0.25, -0.2) is 9.37 Å². The normalized spacial score (nSPS) is 10.0. The number of methoxy groups -OCH3 is 1. The fourth-order valence-electron chi connectivity index (χ4n) is 1.16. The van der Waals surface area contributed by atoms with Crippen LogP contribution in [0.2, 0.25) is 0 Å². The van der Waals surface area contributed by atoms with Gasteiger partial charge < -0.3 is 4.74 Å². The van der Waals surface area contributed by atoms with Crippen molar-refractivity contribution in [1.82, 2.24) is 4.98 Å². The van der Waals surface area contributed by atoms with Gasteiger partial charge in [-0.3, -0.25) is 0 Å². The van der Waals surface area contributed by atoms with Crippen molar-refractivity contribution >= 4 is 0 Å². The maximum atomic E-state index is 13.2. The van der Waals surface area contributed by atoms with Gasteiger partial charge in [0.15, 0.2) is 0 Å². The van der Waals surface area contributed by atoms with Gasteiger partial charge in [-0.15, -0.1) is 0 Å². The Morgan fingerprint density at radius 3 is 2.67 bits per heavy atom. The standard InChI is InChI=1S/C9H12FNO/c1-4-7-6(2)11-9(12-3)5-8(7)10/h5H,4H2,1-3H3. The second kappa shape index (κ2) is 3.52. The van der Waals surface area contributed by atoms with Gasteiger partial charge in [0.1, 0.15) is 5.82 Å². The molecule has 1 aromatic heterocycles. The highest BCUT2D eigenvalue weighted by Crippen LogP contribution is 2.16. The molecule has 0 saturated heterocycles. The number of hydrogen-bond acceptors (Lipinski definition) is 2. The molecule has 2 nitrogen and oxygen atoms in total. The van der Waals surface area contributed by atoms with E-state index >= 15 is 0 Å².